The van der Waals surface area contributed by atoms with Crippen LogP contribution < -0.4 is 0 Å². The van der Waals surface area contributed by atoms with Gasteiger partial charge in [-0.05, 0) is 38.9 Å². The van der Waals surface area contributed by atoms with Crippen molar-refractivity contribution in [2.75, 3.05) is 19.6 Å². The first-order valence-corrected chi connectivity index (χ1v) is 5.16. The number of rotatable bonds is 3. The SMILES string of the molecule is CCCCN1CCCCCC1. The van der Waals surface area contributed by atoms with Crippen LogP contribution in [-0.4, -0.2) is 24.5 Å². The Labute approximate surface area is 70.8 Å². The van der Waals surface area contributed by atoms with Gasteiger partial charge in [-0.1, -0.05) is 26.2 Å². The summed E-state index contributed by atoms with van der Waals surface area (Å²) in [7, 11) is 0. The summed E-state index contributed by atoms with van der Waals surface area (Å²) in [5, 5.41) is 0. The maximum absolute atomic E-state index is 2.64. The van der Waals surface area contributed by atoms with E-state index in [2.05, 4.69) is 11.8 Å². The van der Waals surface area contributed by atoms with Crippen LogP contribution in [0.2, 0.25) is 0 Å². The first-order chi connectivity index (χ1) is 5.43. The fraction of sp³-hybridized carbons (Fsp3) is 1.00. The molecule has 0 radical (unpaired) electrons. The number of nitrogens with zero attached hydrogens (tertiary/aromatic N) is 1. The maximum Gasteiger partial charge on any atom is -0.00187 e. The Morgan fingerprint density at radius 1 is 1.00 bits per heavy atom. The first kappa shape index (κ1) is 9.05. The largest absolute Gasteiger partial charge is 0.303 e. The van der Waals surface area contributed by atoms with E-state index in [-0.39, 0.29) is 0 Å². The van der Waals surface area contributed by atoms with E-state index < -0.39 is 0 Å². The molecule has 1 aliphatic rings. The fourth-order valence-electron chi connectivity index (χ4n) is 1.74. The standard InChI is InChI=1S/C10H21N/c1-2-3-8-11-9-6-4-5-7-10-11/h2-10H2,1H3. The Morgan fingerprint density at radius 3 is 2.18 bits per heavy atom. The van der Waals surface area contributed by atoms with Crippen LogP contribution in [0.15, 0.2) is 0 Å². The van der Waals surface area contributed by atoms with Crippen LogP contribution in [-0.2, 0) is 0 Å². The minimum atomic E-state index is 1.34. The molecule has 0 N–H and O–H groups in total. The summed E-state index contributed by atoms with van der Waals surface area (Å²) in [5.41, 5.74) is 0. The van der Waals surface area contributed by atoms with Crippen molar-refractivity contribution in [3.8, 4) is 0 Å². The van der Waals surface area contributed by atoms with Crippen LogP contribution in [0.5, 0.6) is 0 Å². The third-order valence-electron chi connectivity index (χ3n) is 2.53. The molecule has 0 atom stereocenters. The van der Waals surface area contributed by atoms with Gasteiger partial charge in [0.1, 0.15) is 0 Å². The van der Waals surface area contributed by atoms with Crippen LogP contribution in [0.25, 0.3) is 0 Å². The lowest BCUT2D eigenvalue weighted by atomic mass is 10.2. The summed E-state index contributed by atoms with van der Waals surface area (Å²) < 4.78 is 0. The Morgan fingerprint density at radius 2 is 1.64 bits per heavy atom. The van der Waals surface area contributed by atoms with Gasteiger partial charge in [0.05, 0.1) is 0 Å². The van der Waals surface area contributed by atoms with Crippen molar-refractivity contribution >= 4 is 0 Å². The van der Waals surface area contributed by atoms with Crippen molar-refractivity contribution in [2.24, 2.45) is 0 Å². The molecule has 66 valence electrons. The van der Waals surface area contributed by atoms with Crippen molar-refractivity contribution in [1.82, 2.24) is 4.90 Å². The van der Waals surface area contributed by atoms with Gasteiger partial charge >= 0.3 is 0 Å². The Kier molecular flexibility index (Phi) is 4.60. The van der Waals surface area contributed by atoms with E-state index in [1.807, 2.05) is 0 Å². The predicted molar refractivity (Wildman–Crippen MR) is 49.8 cm³/mol. The lowest BCUT2D eigenvalue weighted by Crippen LogP contribution is -2.25. The second-order valence-corrected chi connectivity index (χ2v) is 3.61. The summed E-state index contributed by atoms with van der Waals surface area (Å²) in [6.07, 6.45) is 8.52. The average molecular weight is 155 g/mol. The van der Waals surface area contributed by atoms with E-state index in [0.29, 0.717) is 0 Å². The van der Waals surface area contributed by atoms with E-state index in [0.717, 1.165) is 0 Å². The molecule has 0 aromatic rings. The van der Waals surface area contributed by atoms with Crippen LogP contribution in [0.4, 0.5) is 0 Å². The lowest BCUT2D eigenvalue weighted by molar-refractivity contribution is 0.280. The Bertz CT molecular complexity index is 82.9. The van der Waals surface area contributed by atoms with Crippen LogP contribution in [0.3, 0.4) is 0 Å². The molecule has 1 heterocycles. The van der Waals surface area contributed by atoms with Crippen molar-refractivity contribution in [1.29, 1.82) is 0 Å². The second-order valence-electron chi connectivity index (χ2n) is 3.61. The van der Waals surface area contributed by atoms with E-state index in [1.165, 1.54) is 58.2 Å². The molecule has 0 amide bonds. The zero-order chi connectivity index (χ0) is 7.94. The molecule has 0 aromatic carbocycles. The zero-order valence-corrected chi connectivity index (χ0v) is 7.81. The Balaban J connectivity index is 2.09. The number of unbranched alkanes of at least 4 members (excludes halogenated alkanes) is 1. The summed E-state index contributed by atoms with van der Waals surface area (Å²) in [6, 6.07) is 0. The molecule has 0 aromatic heterocycles. The fourth-order valence-corrected chi connectivity index (χ4v) is 1.74. The highest BCUT2D eigenvalue weighted by molar-refractivity contribution is 4.62. The van der Waals surface area contributed by atoms with Crippen LogP contribution >= 0.6 is 0 Å². The lowest BCUT2D eigenvalue weighted by Gasteiger charge is -2.18. The molecule has 1 heteroatoms. The van der Waals surface area contributed by atoms with Gasteiger partial charge in [-0.25, -0.2) is 0 Å². The third kappa shape index (κ3) is 3.76. The van der Waals surface area contributed by atoms with Crippen molar-refractivity contribution in [3.05, 3.63) is 0 Å². The smallest absolute Gasteiger partial charge is 0.00187 e. The molecule has 0 saturated carbocycles. The number of hydrogen-bond donors (Lipinski definition) is 0. The van der Waals surface area contributed by atoms with Gasteiger partial charge < -0.3 is 4.90 Å². The average Bonchev–Trinajstić information content (AvgIpc) is 2.28. The van der Waals surface area contributed by atoms with Gasteiger partial charge in [-0.15, -0.1) is 0 Å². The van der Waals surface area contributed by atoms with E-state index in [9.17, 15) is 0 Å². The highest BCUT2D eigenvalue weighted by Gasteiger charge is 2.06. The summed E-state index contributed by atoms with van der Waals surface area (Å²) in [5.74, 6) is 0. The summed E-state index contributed by atoms with van der Waals surface area (Å²) >= 11 is 0. The molecule has 1 saturated heterocycles. The molecule has 0 spiro atoms. The molecule has 1 aliphatic heterocycles. The predicted octanol–water partition coefficient (Wildman–Crippen LogP) is 2.66. The molecule has 0 aliphatic carbocycles. The summed E-state index contributed by atoms with van der Waals surface area (Å²) in [4.78, 5) is 2.64. The minimum absolute atomic E-state index is 1.34. The van der Waals surface area contributed by atoms with Crippen LogP contribution in [0.1, 0.15) is 45.4 Å². The molecule has 11 heavy (non-hydrogen) atoms. The topological polar surface area (TPSA) is 3.24 Å². The first-order valence-electron chi connectivity index (χ1n) is 5.16. The zero-order valence-electron chi connectivity index (χ0n) is 7.81. The van der Waals surface area contributed by atoms with E-state index in [1.54, 1.807) is 0 Å². The van der Waals surface area contributed by atoms with Gasteiger partial charge in [-0.2, -0.15) is 0 Å². The number of likely N-dealkylation sites (tertiary alicyclic amines) is 1. The van der Waals surface area contributed by atoms with Gasteiger partial charge in [0, 0.05) is 0 Å². The van der Waals surface area contributed by atoms with E-state index >= 15 is 0 Å². The van der Waals surface area contributed by atoms with Gasteiger partial charge in [-0.3, -0.25) is 0 Å². The van der Waals surface area contributed by atoms with E-state index in [4.69, 9.17) is 0 Å². The summed E-state index contributed by atoms with van der Waals surface area (Å²) in [6.45, 7) is 6.34. The van der Waals surface area contributed by atoms with Crippen molar-refractivity contribution in [3.63, 3.8) is 0 Å². The third-order valence-corrected chi connectivity index (χ3v) is 2.53. The minimum Gasteiger partial charge on any atom is -0.303 e. The van der Waals surface area contributed by atoms with Gasteiger partial charge in [0.25, 0.3) is 0 Å². The molecule has 0 bridgehead atoms. The highest BCUT2D eigenvalue weighted by atomic mass is 15.1. The second kappa shape index (κ2) is 5.59. The van der Waals surface area contributed by atoms with Crippen LogP contribution in [0, 0.1) is 0 Å². The molecule has 1 rings (SSSR count). The number of hydrogen-bond acceptors (Lipinski definition) is 1. The molecular formula is C10H21N. The quantitative estimate of drug-likeness (QED) is 0.605. The molecule has 1 nitrogen and oxygen atoms in total. The molecule has 1 fully saturated rings. The monoisotopic (exact) mass is 155 g/mol. The maximum atomic E-state index is 2.64. The molecule has 0 unspecified atom stereocenters. The van der Waals surface area contributed by atoms with Crippen molar-refractivity contribution < 1.29 is 0 Å². The van der Waals surface area contributed by atoms with Crippen molar-refractivity contribution in [2.45, 2.75) is 45.4 Å². The normalized spacial score (nSPS) is 21.5. The highest BCUT2D eigenvalue weighted by Crippen LogP contribution is 2.09. The Hall–Kier alpha value is -0.0400. The molecular weight excluding hydrogens is 134 g/mol. The van der Waals surface area contributed by atoms with Gasteiger partial charge in [0.15, 0.2) is 0 Å². The van der Waals surface area contributed by atoms with Gasteiger partial charge in [0.2, 0.25) is 0 Å².